The van der Waals surface area contributed by atoms with Crippen molar-refractivity contribution >= 4 is 5.82 Å². The van der Waals surface area contributed by atoms with E-state index in [0.717, 1.165) is 30.3 Å². The normalized spacial score (nSPS) is 24.6. The Balaban J connectivity index is 1.99. The van der Waals surface area contributed by atoms with E-state index in [0.29, 0.717) is 6.04 Å². The van der Waals surface area contributed by atoms with Gasteiger partial charge in [-0.1, -0.05) is 33.1 Å². The molecule has 0 spiro atoms. The number of nitrogens with zero attached hydrogens (tertiary/aromatic N) is 2. The van der Waals surface area contributed by atoms with Crippen molar-refractivity contribution < 1.29 is 0 Å². The minimum absolute atomic E-state index is 0.591. The Morgan fingerprint density at radius 2 is 2.12 bits per heavy atom. The number of aryl methyl sites for hydroxylation is 1. The molecular formula is C14H23N3. The van der Waals surface area contributed by atoms with Crippen molar-refractivity contribution in [2.45, 2.75) is 58.4 Å². The number of hydrogen-bond acceptors (Lipinski definition) is 3. The summed E-state index contributed by atoms with van der Waals surface area (Å²) in [5.41, 5.74) is 1.15. The number of nitrogens with one attached hydrogen (secondary N) is 1. The van der Waals surface area contributed by atoms with E-state index in [1.54, 1.807) is 6.33 Å². The van der Waals surface area contributed by atoms with Crippen molar-refractivity contribution in [3.05, 3.63) is 18.1 Å². The van der Waals surface area contributed by atoms with Crippen molar-refractivity contribution in [3.63, 3.8) is 0 Å². The molecule has 1 saturated carbocycles. The molecule has 0 bridgehead atoms. The van der Waals surface area contributed by atoms with E-state index in [1.165, 1.54) is 25.7 Å². The van der Waals surface area contributed by atoms with Gasteiger partial charge in [0.25, 0.3) is 0 Å². The number of rotatable bonds is 4. The molecule has 94 valence electrons. The minimum atomic E-state index is 0.591. The Labute approximate surface area is 104 Å². The molecule has 3 nitrogen and oxygen atoms in total. The SMILES string of the molecule is CCCc1cc(NC2CCCCC2C)ncn1. The molecule has 0 saturated heterocycles. The molecule has 2 rings (SSSR count). The number of aromatic nitrogens is 2. The van der Waals surface area contributed by atoms with Crippen molar-refractivity contribution in [1.29, 1.82) is 0 Å². The fourth-order valence-electron chi connectivity index (χ4n) is 2.59. The van der Waals surface area contributed by atoms with Crippen LogP contribution >= 0.6 is 0 Å². The lowest BCUT2D eigenvalue weighted by atomic mass is 9.86. The summed E-state index contributed by atoms with van der Waals surface area (Å²) in [5.74, 6) is 1.76. The second-order valence-electron chi connectivity index (χ2n) is 5.16. The summed E-state index contributed by atoms with van der Waals surface area (Å²) in [6, 6.07) is 2.69. The molecule has 1 aromatic heterocycles. The van der Waals surface area contributed by atoms with Crippen molar-refractivity contribution in [2.24, 2.45) is 5.92 Å². The smallest absolute Gasteiger partial charge is 0.129 e. The van der Waals surface area contributed by atoms with Crippen LogP contribution in [0.1, 0.15) is 51.6 Å². The predicted octanol–water partition coefficient (Wildman–Crippen LogP) is 3.42. The second-order valence-corrected chi connectivity index (χ2v) is 5.16. The number of hydrogen-bond donors (Lipinski definition) is 1. The van der Waals surface area contributed by atoms with Gasteiger partial charge in [0.2, 0.25) is 0 Å². The lowest BCUT2D eigenvalue weighted by Gasteiger charge is -2.29. The Morgan fingerprint density at radius 3 is 2.88 bits per heavy atom. The molecule has 1 aliphatic rings. The fraction of sp³-hybridized carbons (Fsp3) is 0.714. The zero-order chi connectivity index (χ0) is 12.1. The standard InChI is InChI=1S/C14H23N3/c1-3-6-12-9-14(16-10-15-12)17-13-8-5-4-7-11(13)2/h9-11,13H,3-8H2,1-2H3,(H,15,16,17). The van der Waals surface area contributed by atoms with Gasteiger partial charge in [0.15, 0.2) is 0 Å². The molecule has 0 aromatic carbocycles. The van der Waals surface area contributed by atoms with Crippen LogP contribution in [-0.4, -0.2) is 16.0 Å². The summed E-state index contributed by atoms with van der Waals surface area (Å²) in [7, 11) is 0. The summed E-state index contributed by atoms with van der Waals surface area (Å²) < 4.78 is 0. The first kappa shape index (κ1) is 12.3. The summed E-state index contributed by atoms with van der Waals surface area (Å²) in [6.07, 6.45) is 9.19. The van der Waals surface area contributed by atoms with Crippen LogP contribution in [0.2, 0.25) is 0 Å². The molecule has 0 amide bonds. The Kier molecular flexibility index (Phi) is 4.35. The molecule has 3 heteroatoms. The van der Waals surface area contributed by atoms with E-state index in [2.05, 4.69) is 35.2 Å². The van der Waals surface area contributed by atoms with Gasteiger partial charge in [-0.3, -0.25) is 0 Å². The van der Waals surface area contributed by atoms with Gasteiger partial charge in [0.05, 0.1) is 0 Å². The van der Waals surface area contributed by atoms with E-state index in [4.69, 9.17) is 0 Å². The number of anilines is 1. The van der Waals surface area contributed by atoms with Gasteiger partial charge >= 0.3 is 0 Å². The zero-order valence-corrected chi connectivity index (χ0v) is 10.9. The van der Waals surface area contributed by atoms with Crippen LogP contribution in [-0.2, 0) is 6.42 Å². The van der Waals surface area contributed by atoms with Gasteiger partial charge in [0, 0.05) is 17.8 Å². The van der Waals surface area contributed by atoms with Crippen LogP contribution in [0.15, 0.2) is 12.4 Å². The maximum Gasteiger partial charge on any atom is 0.129 e. The van der Waals surface area contributed by atoms with Crippen LogP contribution in [0.4, 0.5) is 5.82 Å². The van der Waals surface area contributed by atoms with E-state index in [9.17, 15) is 0 Å². The molecule has 2 unspecified atom stereocenters. The zero-order valence-electron chi connectivity index (χ0n) is 10.9. The molecule has 0 aliphatic heterocycles. The quantitative estimate of drug-likeness (QED) is 0.866. The predicted molar refractivity (Wildman–Crippen MR) is 71.1 cm³/mol. The minimum Gasteiger partial charge on any atom is -0.367 e. The summed E-state index contributed by atoms with van der Waals surface area (Å²) in [6.45, 7) is 4.52. The van der Waals surface area contributed by atoms with Gasteiger partial charge in [-0.2, -0.15) is 0 Å². The molecule has 1 heterocycles. The molecule has 0 radical (unpaired) electrons. The molecule has 1 aliphatic carbocycles. The average Bonchev–Trinajstić information content (AvgIpc) is 2.33. The summed E-state index contributed by atoms with van der Waals surface area (Å²) in [5, 5.41) is 3.58. The Morgan fingerprint density at radius 1 is 1.29 bits per heavy atom. The highest BCUT2D eigenvalue weighted by atomic mass is 15.0. The highest BCUT2D eigenvalue weighted by molar-refractivity contribution is 5.36. The highest BCUT2D eigenvalue weighted by Crippen LogP contribution is 2.26. The maximum atomic E-state index is 4.33. The van der Waals surface area contributed by atoms with Crippen LogP contribution < -0.4 is 5.32 Å². The average molecular weight is 233 g/mol. The maximum absolute atomic E-state index is 4.33. The first-order valence-electron chi connectivity index (χ1n) is 6.87. The topological polar surface area (TPSA) is 37.8 Å². The molecule has 2 atom stereocenters. The summed E-state index contributed by atoms with van der Waals surface area (Å²) >= 11 is 0. The van der Waals surface area contributed by atoms with Gasteiger partial charge in [-0.15, -0.1) is 0 Å². The van der Waals surface area contributed by atoms with Crippen molar-refractivity contribution in [2.75, 3.05) is 5.32 Å². The van der Waals surface area contributed by atoms with Gasteiger partial charge in [-0.25, -0.2) is 9.97 Å². The monoisotopic (exact) mass is 233 g/mol. The van der Waals surface area contributed by atoms with Gasteiger partial charge < -0.3 is 5.32 Å². The fourth-order valence-corrected chi connectivity index (χ4v) is 2.59. The van der Waals surface area contributed by atoms with E-state index >= 15 is 0 Å². The van der Waals surface area contributed by atoms with Crippen molar-refractivity contribution in [1.82, 2.24) is 9.97 Å². The first-order chi connectivity index (χ1) is 8.29. The third-order valence-corrected chi connectivity index (χ3v) is 3.67. The van der Waals surface area contributed by atoms with Crippen molar-refractivity contribution in [3.8, 4) is 0 Å². The Hall–Kier alpha value is -1.12. The van der Waals surface area contributed by atoms with Gasteiger partial charge in [0.1, 0.15) is 12.1 Å². The lowest BCUT2D eigenvalue weighted by Crippen LogP contribution is -2.30. The second kappa shape index (κ2) is 5.99. The highest BCUT2D eigenvalue weighted by Gasteiger charge is 2.21. The molecule has 17 heavy (non-hydrogen) atoms. The van der Waals surface area contributed by atoms with Crippen LogP contribution in [0.3, 0.4) is 0 Å². The largest absolute Gasteiger partial charge is 0.367 e. The van der Waals surface area contributed by atoms with E-state index in [-0.39, 0.29) is 0 Å². The first-order valence-corrected chi connectivity index (χ1v) is 6.87. The van der Waals surface area contributed by atoms with Crippen LogP contribution in [0.5, 0.6) is 0 Å². The van der Waals surface area contributed by atoms with E-state index < -0.39 is 0 Å². The molecular weight excluding hydrogens is 210 g/mol. The molecule has 1 aromatic rings. The summed E-state index contributed by atoms with van der Waals surface area (Å²) in [4.78, 5) is 8.62. The molecule has 1 fully saturated rings. The third kappa shape index (κ3) is 3.42. The lowest BCUT2D eigenvalue weighted by molar-refractivity contribution is 0.349. The molecule has 1 N–H and O–H groups in total. The van der Waals surface area contributed by atoms with Crippen LogP contribution in [0, 0.1) is 5.92 Å². The third-order valence-electron chi connectivity index (χ3n) is 3.67. The van der Waals surface area contributed by atoms with Gasteiger partial charge in [-0.05, 0) is 25.2 Å². The van der Waals surface area contributed by atoms with E-state index in [1.807, 2.05) is 0 Å². The van der Waals surface area contributed by atoms with Crippen LogP contribution in [0.25, 0.3) is 0 Å². The Bertz CT molecular complexity index is 351.